The number of Topliss-reactive ketones (excluding diaryl/α,β-unsaturated/α-hetero) is 1. The predicted molar refractivity (Wildman–Crippen MR) is 155 cm³/mol. The lowest BCUT2D eigenvalue weighted by molar-refractivity contribution is -0.116. The Morgan fingerprint density at radius 3 is 2.59 bits per heavy atom. The lowest BCUT2D eigenvalue weighted by Crippen LogP contribution is -2.44. The summed E-state index contributed by atoms with van der Waals surface area (Å²) in [7, 11) is 11.3. The second kappa shape index (κ2) is 11.1. The van der Waals surface area contributed by atoms with Gasteiger partial charge in [-0.3, -0.25) is 9.59 Å². The van der Waals surface area contributed by atoms with Crippen molar-refractivity contribution in [2.45, 2.75) is 12.0 Å². The molecule has 5 rings (SSSR count). The lowest BCUT2D eigenvalue weighted by atomic mass is 9.93. The molecule has 1 fully saturated rings. The number of fused-ring (bicyclic) bond motifs is 1. The van der Waals surface area contributed by atoms with Crippen molar-refractivity contribution >= 4 is 50.8 Å². The number of rotatable bonds is 8. The van der Waals surface area contributed by atoms with Crippen molar-refractivity contribution in [3.63, 3.8) is 0 Å². The zero-order chi connectivity index (χ0) is 25.9. The number of likely N-dealkylation sites (N-methyl/N-ethyl adjacent to an activating group) is 1. The zero-order valence-corrected chi connectivity index (χ0v) is 22.0. The normalized spacial score (nSPS) is 21.4. The summed E-state index contributed by atoms with van der Waals surface area (Å²) in [5.74, 6) is -0.490. The van der Waals surface area contributed by atoms with E-state index in [4.69, 9.17) is 7.85 Å². The maximum Gasteiger partial charge on any atom is 0.233 e. The molecule has 2 radical (unpaired) electrons. The van der Waals surface area contributed by atoms with E-state index in [2.05, 4.69) is 65.9 Å². The van der Waals surface area contributed by atoms with Gasteiger partial charge in [0.05, 0.1) is 19.8 Å². The van der Waals surface area contributed by atoms with Crippen LogP contribution in [0.1, 0.15) is 21.8 Å². The largest absolute Gasteiger partial charge is 0.384 e. The molecule has 37 heavy (non-hydrogen) atoms. The number of nitrogens with zero attached hydrogens (tertiary/aromatic N) is 2. The van der Waals surface area contributed by atoms with Crippen molar-refractivity contribution in [1.82, 2.24) is 10.2 Å². The predicted octanol–water partition coefficient (Wildman–Crippen LogP) is 2.66. The first-order valence-electron chi connectivity index (χ1n) is 12.6. The molecule has 0 spiro atoms. The van der Waals surface area contributed by atoms with E-state index in [0.717, 1.165) is 42.7 Å². The molecule has 188 valence electrons. The highest BCUT2D eigenvalue weighted by Crippen LogP contribution is 2.34. The van der Waals surface area contributed by atoms with Crippen molar-refractivity contribution in [2.24, 2.45) is 0 Å². The van der Waals surface area contributed by atoms with Crippen molar-refractivity contribution in [3.05, 3.63) is 77.4 Å². The van der Waals surface area contributed by atoms with Crippen LogP contribution in [-0.4, -0.2) is 82.0 Å². The fourth-order valence-electron chi connectivity index (χ4n) is 4.97. The molecular weight excluding hydrogens is 480 g/mol. The van der Waals surface area contributed by atoms with E-state index in [1.165, 1.54) is 5.69 Å². The average molecular weight is 511 g/mol. The van der Waals surface area contributed by atoms with Crippen LogP contribution in [0.4, 0.5) is 17.1 Å². The highest BCUT2D eigenvalue weighted by molar-refractivity contribution is 7.22. The van der Waals surface area contributed by atoms with E-state index >= 15 is 0 Å². The fraction of sp³-hybridized carbons (Fsp3) is 0.321. The third kappa shape index (κ3) is 5.57. The van der Waals surface area contributed by atoms with E-state index in [-0.39, 0.29) is 23.7 Å². The second-order valence-corrected chi connectivity index (χ2v) is 10.3. The quantitative estimate of drug-likeness (QED) is 0.288. The number of hydrogen-bond donors (Lipinski definition) is 3. The van der Waals surface area contributed by atoms with Crippen molar-refractivity contribution < 1.29 is 9.59 Å². The highest BCUT2D eigenvalue weighted by Gasteiger charge is 2.31. The van der Waals surface area contributed by atoms with Gasteiger partial charge in [0.25, 0.3) is 0 Å². The summed E-state index contributed by atoms with van der Waals surface area (Å²) in [5.41, 5.74) is 4.90. The summed E-state index contributed by atoms with van der Waals surface area (Å²) < 4.78 is 0. The van der Waals surface area contributed by atoms with Crippen LogP contribution in [0.25, 0.3) is 0 Å². The summed E-state index contributed by atoms with van der Waals surface area (Å²) >= 11 is 0. The molecule has 2 unspecified atom stereocenters. The summed E-state index contributed by atoms with van der Waals surface area (Å²) in [6.45, 7) is 4.67. The minimum absolute atomic E-state index is 0.0663. The molecule has 3 aliphatic rings. The number of nitrogens with one attached hydrogen (secondary N) is 3. The number of hydrogen-bond acceptors (Lipinski definition) is 6. The Bertz CT molecular complexity index is 1270. The maximum absolute atomic E-state index is 13.2. The monoisotopic (exact) mass is 511 g/mol. The van der Waals surface area contributed by atoms with Gasteiger partial charge in [0.1, 0.15) is 0 Å². The molecule has 0 bridgehead atoms. The van der Waals surface area contributed by atoms with Gasteiger partial charge in [0.2, 0.25) is 5.91 Å². The number of ketones is 1. The van der Waals surface area contributed by atoms with Gasteiger partial charge >= 0.3 is 0 Å². The summed E-state index contributed by atoms with van der Waals surface area (Å²) in [6, 6.07) is 13.7. The third-order valence-electron chi connectivity index (χ3n) is 7.23. The fourth-order valence-corrected chi connectivity index (χ4v) is 5.24. The number of allylic oxidation sites excluding steroid dienone is 2. The molecule has 1 amide bonds. The molecule has 1 aliphatic carbocycles. The first-order chi connectivity index (χ1) is 17.9. The third-order valence-corrected chi connectivity index (χ3v) is 7.71. The van der Waals surface area contributed by atoms with Crippen LogP contribution in [0.15, 0.2) is 66.3 Å². The molecule has 2 aromatic rings. The minimum atomic E-state index is -0.325. The van der Waals surface area contributed by atoms with E-state index < -0.39 is 0 Å². The standard InChI is InChI=1S/C28H31BN5O2P/c1-33-10-12-34(13-11-33)21-6-4-20(5-7-21)30-16-23-22-8-2-18(14-24(22)32-28(23)36)27(35)19-3-9-26(37)25(15-19)31-17-29/h2-9,14-15,23,25,30-31,37H,10-13,16-17H2,1H3,(H,32,36). The van der Waals surface area contributed by atoms with Crippen LogP contribution in [0.2, 0.25) is 0 Å². The number of anilines is 3. The van der Waals surface area contributed by atoms with Gasteiger partial charge in [-0.15, -0.1) is 8.86 Å². The van der Waals surface area contributed by atoms with Gasteiger partial charge in [0, 0.05) is 60.9 Å². The molecule has 7 nitrogen and oxygen atoms in total. The number of benzene rings is 2. The van der Waals surface area contributed by atoms with Crippen molar-refractivity contribution in [3.8, 4) is 0 Å². The van der Waals surface area contributed by atoms with Crippen LogP contribution in [0.3, 0.4) is 0 Å². The Balaban J connectivity index is 1.24. The molecule has 0 saturated carbocycles. The number of carbonyl (C=O) groups is 2. The Morgan fingerprint density at radius 1 is 1.11 bits per heavy atom. The van der Waals surface area contributed by atoms with Gasteiger partial charge in [-0.1, -0.05) is 30.4 Å². The second-order valence-electron chi connectivity index (χ2n) is 9.69. The molecule has 0 aromatic heterocycles. The summed E-state index contributed by atoms with van der Waals surface area (Å²) in [5, 5.41) is 10.4. The van der Waals surface area contributed by atoms with Crippen LogP contribution in [0, 0.1) is 0 Å². The Labute approximate surface area is 221 Å². The Kier molecular flexibility index (Phi) is 7.61. The van der Waals surface area contributed by atoms with Crippen LogP contribution in [0.5, 0.6) is 0 Å². The summed E-state index contributed by atoms with van der Waals surface area (Å²) in [4.78, 5) is 30.7. The van der Waals surface area contributed by atoms with E-state index in [9.17, 15) is 9.59 Å². The number of piperazine rings is 1. The Hall–Kier alpha value is -3.19. The highest BCUT2D eigenvalue weighted by atomic mass is 31.0. The van der Waals surface area contributed by atoms with E-state index in [1.807, 2.05) is 18.2 Å². The lowest BCUT2D eigenvalue weighted by Gasteiger charge is -2.34. The van der Waals surface area contributed by atoms with Crippen molar-refractivity contribution in [2.75, 3.05) is 61.7 Å². The summed E-state index contributed by atoms with van der Waals surface area (Å²) in [6.07, 6.45) is 5.79. The molecule has 2 atom stereocenters. The van der Waals surface area contributed by atoms with Gasteiger partial charge in [-0.05, 0) is 54.7 Å². The minimum Gasteiger partial charge on any atom is -0.384 e. The maximum atomic E-state index is 13.2. The van der Waals surface area contributed by atoms with E-state index in [1.54, 1.807) is 18.2 Å². The molecule has 2 aliphatic heterocycles. The molecule has 1 saturated heterocycles. The average Bonchev–Trinajstić information content (AvgIpc) is 3.23. The SMILES string of the molecule is [B]CNC1C=C(C(=O)c2ccc3c(c2)NC(=O)C3CNc2ccc(N3CCN(C)CC3)cc2)C=CC1=P. The molecule has 2 heterocycles. The molecular formula is C28H31BN5O2P. The Morgan fingerprint density at radius 2 is 1.86 bits per heavy atom. The zero-order valence-electron chi connectivity index (χ0n) is 21.0. The number of carbonyl (C=O) groups excluding carboxylic acids is 2. The van der Waals surface area contributed by atoms with Crippen LogP contribution in [-0.2, 0) is 4.79 Å². The van der Waals surface area contributed by atoms with Gasteiger partial charge in [-0.25, -0.2) is 0 Å². The first-order valence-corrected chi connectivity index (χ1v) is 13.1. The van der Waals surface area contributed by atoms with Gasteiger partial charge in [0.15, 0.2) is 5.78 Å². The molecule has 9 heteroatoms. The van der Waals surface area contributed by atoms with Crippen LogP contribution >= 0.6 is 8.86 Å². The smallest absolute Gasteiger partial charge is 0.233 e. The van der Waals surface area contributed by atoms with Gasteiger partial charge < -0.3 is 25.8 Å². The van der Waals surface area contributed by atoms with Crippen LogP contribution < -0.4 is 20.9 Å². The number of amides is 1. The topological polar surface area (TPSA) is 76.7 Å². The van der Waals surface area contributed by atoms with E-state index in [0.29, 0.717) is 29.8 Å². The first kappa shape index (κ1) is 25.5. The molecule has 2 aromatic carbocycles. The van der Waals surface area contributed by atoms with Gasteiger partial charge in [-0.2, -0.15) is 0 Å². The van der Waals surface area contributed by atoms with Crippen molar-refractivity contribution in [1.29, 1.82) is 0 Å². The molecule has 3 N–H and O–H groups in total.